The van der Waals surface area contributed by atoms with Crippen molar-refractivity contribution in [2.24, 2.45) is 0 Å². The molecule has 2 rings (SSSR count). The number of rotatable bonds is 4. The number of benzene rings is 2. The van der Waals surface area contributed by atoms with E-state index in [2.05, 4.69) is 42.5 Å². The van der Waals surface area contributed by atoms with Crippen LogP contribution in [0, 0.1) is 13.8 Å². The topological polar surface area (TPSA) is 70.6 Å². The van der Waals surface area contributed by atoms with E-state index in [0.29, 0.717) is 20.4 Å². The summed E-state index contributed by atoms with van der Waals surface area (Å²) in [6.45, 7) is 3.79. The van der Waals surface area contributed by atoms with E-state index in [1.165, 1.54) is 0 Å². The normalized spacial score (nSPS) is 10.2. The number of nitrogens with one attached hydrogen (secondary N) is 2. The van der Waals surface area contributed by atoms with Gasteiger partial charge in [0.2, 0.25) is 0 Å². The Balaban J connectivity index is 1.89. The summed E-state index contributed by atoms with van der Waals surface area (Å²) in [7, 11) is 0. The fraction of sp³-hybridized carbons (Fsp3) is 0.176. The molecule has 0 heterocycles. The molecule has 0 saturated carbocycles. The van der Waals surface area contributed by atoms with Crippen LogP contribution in [0.4, 0.5) is 5.69 Å². The average Bonchev–Trinajstić information content (AvgIpc) is 2.49. The maximum Gasteiger partial charge on any atom is 0.264 e. The van der Waals surface area contributed by atoms with Gasteiger partial charge in [0.15, 0.2) is 11.7 Å². The number of phenols is 1. The Morgan fingerprint density at radius 1 is 1.12 bits per heavy atom. The second-order valence-corrected chi connectivity index (χ2v) is 7.52. The first kappa shape index (κ1) is 19.7. The molecule has 0 fully saturated rings. The third kappa shape index (κ3) is 5.98. The van der Waals surface area contributed by atoms with E-state index < -0.39 is 0 Å². The summed E-state index contributed by atoms with van der Waals surface area (Å²) >= 11 is 11.6. The van der Waals surface area contributed by atoms with Crippen LogP contribution in [0.5, 0.6) is 11.5 Å². The highest BCUT2D eigenvalue weighted by Gasteiger charge is 2.09. The van der Waals surface area contributed by atoms with Gasteiger partial charge in [-0.3, -0.25) is 10.1 Å². The fourth-order valence-electron chi connectivity index (χ4n) is 2.13. The van der Waals surface area contributed by atoms with Crippen molar-refractivity contribution >= 4 is 60.8 Å². The lowest BCUT2D eigenvalue weighted by atomic mass is 10.1. The van der Waals surface area contributed by atoms with Crippen molar-refractivity contribution in [3.8, 4) is 11.5 Å². The summed E-state index contributed by atoms with van der Waals surface area (Å²) in [6.07, 6.45) is 0. The Morgan fingerprint density at radius 3 is 2.24 bits per heavy atom. The molecule has 0 aliphatic rings. The predicted molar refractivity (Wildman–Crippen MR) is 109 cm³/mol. The number of amides is 1. The molecule has 0 aromatic heterocycles. The number of anilines is 1. The third-order valence-corrected chi connectivity index (χ3v) is 4.51. The van der Waals surface area contributed by atoms with Gasteiger partial charge in [-0.25, -0.2) is 0 Å². The zero-order valence-corrected chi connectivity index (χ0v) is 17.5. The number of carbonyl (C=O) groups is 1. The van der Waals surface area contributed by atoms with Crippen LogP contribution in [0.2, 0.25) is 0 Å². The van der Waals surface area contributed by atoms with Crippen LogP contribution in [0.25, 0.3) is 0 Å². The monoisotopic (exact) mass is 486 g/mol. The summed E-state index contributed by atoms with van der Waals surface area (Å²) in [5.74, 6) is 0.355. The van der Waals surface area contributed by atoms with Crippen LogP contribution < -0.4 is 15.4 Å². The third-order valence-electron chi connectivity index (χ3n) is 3.09. The van der Waals surface area contributed by atoms with E-state index >= 15 is 0 Å². The highest BCUT2D eigenvalue weighted by atomic mass is 79.9. The summed E-state index contributed by atoms with van der Waals surface area (Å²) in [5.41, 5.74) is 2.74. The lowest BCUT2D eigenvalue weighted by Gasteiger charge is -2.12. The van der Waals surface area contributed by atoms with Gasteiger partial charge in [0, 0.05) is 5.69 Å². The van der Waals surface area contributed by atoms with Gasteiger partial charge >= 0.3 is 0 Å². The van der Waals surface area contributed by atoms with Gasteiger partial charge in [0.1, 0.15) is 11.5 Å². The predicted octanol–water partition coefficient (Wildman–Crippen LogP) is 4.43. The van der Waals surface area contributed by atoms with E-state index in [0.717, 1.165) is 11.1 Å². The van der Waals surface area contributed by atoms with Gasteiger partial charge in [-0.05, 0) is 93.3 Å². The largest absolute Gasteiger partial charge is 0.506 e. The van der Waals surface area contributed by atoms with Crippen molar-refractivity contribution in [1.29, 1.82) is 0 Å². The van der Waals surface area contributed by atoms with E-state index in [-0.39, 0.29) is 23.4 Å². The van der Waals surface area contributed by atoms with E-state index in [9.17, 15) is 9.90 Å². The molecule has 0 spiro atoms. The van der Waals surface area contributed by atoms with Gasteiger partial charge in [-0.15, -0.1) is 0 Å². The molecule has 25 heavy (non-hydrogen) atoms. The van der Waals surface area contributed by atoms with Crippen LogP contribution in [-0.4, -0.2) is 22.7 Å². The molecule has 2 aromatic carbocycles. The van der Waals surface area contributed by atoms with Crippen molar-refractivity contribution in [2.45, 2.75) is 13.8 Å². The van der Waals surface area contributed by atoms with Crippen LogP contribution >= 0.6 is 44.1 Å². The Labute approximate surface area is 168 Å². The molecule has 0 bridgehead atoms. The molecule has 0 aliphatic carbocycles. The van der Waals surface area contributed by atoms with Crippen molar-refractivity contribution in [1.82, 2.24) is 5.32 Å². The number of aryl methyl sites for hydroxylation is 2. The fourth-order valence-corrected chi connectivity index (χ4v) is 3.55. The molecule has 0 radical (unpaired) electrons. The van der Waals surface area contributed by atoms with Crippen LogP contribution in [-0.2, 0) is 4.79 Å². The number of hydrogen-bond donors (Lipinski definition) is 3. The first-order valence-electron chi connectivity index (χ1n) is 7.24. The Bertz CT molecular complexity index is 784. The molecular weight excluding hydrogens is 472 g/mol. The summed E-state index contributed by atoms with van der Waals surface area (Å²) in [6, 6.07) is 9.04. The molecule has 5 nitrogen and oxygen atoms in total. The summed E-state index contributed by atoms with van der Waals surface area (Å²) in [4.78, 5) is 12.0. The number of ether oxygens (including phenoxy) is 1. The Kier molecular flexibility index (Phi) is 6.80. The van der Waals surface area contributed by atoms with E-state index in [1.807, 2.05) is 32.0 Å². The van der Waals surface area contributed by atoms with Crippen molar-refractivity contribution in [3.05, 3.63) is 50.4 Å². The first-order valence-corrected chi connectivity index (χ1v) is 9.24. The molecule has 3 N–H and O–H groups in total. The summed E-state index contributed by atoms with van der Waals surface area (Å²) in [5, 5.41) is 15.2. The molecule has 0 unspecified atom stereocenters. The van der Waals surface area contributed by atoms with Gasteiger partial charge in [0.25, 0.3) is 5.91 Å². The first-order chi connectivity index (χ1) is 11.7. The van der Waals surface area contributed by atoms with Gasteiger partial charge < -0.3 is 15.2 Å². The van der Waals surface area contributed by atoms with E-state index in [4.69, 9.17) is 17.0 Å². The lowest BCUT2D eigenvalue weighted by molar-refractivity contribution is -0.121. The number of hydrogen-bond acceptors (Lipinski definition) is 4. The number of aromatic hydroxyl groups is 1. The highest BCUT2D eigenvalue weighted by molar-refractivity contribution is 9.11. The second kappa shape index (κ2) is 8.64. The minimum Gasteiger partial charge on any atom is -0.506 e. The molecule has 8 heteroatoms. The molecule has 0 aliphatic heterocycles. The number of carbonyl (C=O) groups excluding carboxylic acids is 1. The maximum absolute atomic E-state index is 12.0. The van der Waals surface area contributed by atoms with Crippen LogP contribution in [0.15, 0.2) is 39.3 Å². The molecule has 2 aromatic rings. The standard InChI is InChI=1S/C17H16Br2N2O3S/c1-9-3-10(2)5-12(4-9)24-8-15(22)21-17(25)20-11-6-13(18)16(23)14(19)7-11/h3-7,23H,8H2,1-2H3,(H2,20,21,22,25). The minimum absolute atomic E-state index is 0.0855. The highest BCUT2D eigenvalue weighted by Crippen LogP contribution is 2.35. The Hall–Kier alpha value is -1.64. The van der Waals surface area contributed by atoms with Crippen molar-refractivity contribution < 1.29 is 14.6 Å². The smallest absolute Gasteiger partial charge is 0.264 e. The van der Waals surface area contributed by atoms with Crippen molar-refractivity contribution in [3.63, 3.8) is 0 Å². The quantitative estimate of drug-likeness (QED) is 0.439. The zero-order valence-electron chi connectivity index (χ0n) is 13.5. The lowest BCUT2D eigenvalue weighted by Crippen LogP contribution is -2.37. The van der Waals surface area contributed by atoms with Crippen molar-refractivity contribution in [2.75, 3.05) is 11.9 Å². The number of phenolic OH excluding ortho intramolecular Hbond substituents is 1. The van der Waals surface area contributed by atoms with Crippen LogP contribution in [0.3, 0.4) is 0 Å². The Morgan fingerprint density at radius 2 is 1.68 bits per heavy atom. The molecule has 1 amide bonds. The second-order valence-electron chi connectivity index (χ2n) is 5.40. The zero-order chi connectivity index (χ0) is 18.6. The average molecular weight is 488 g/mol. The minimum atomic E-state index is -0.367. The molecule has 0 atom stereocenters. The molecule has 132 valence electrons. The number of thiocarbonyl (C=S) groups is 1. The van der Waals surface area contributed by atoms with E-state index in [1.54, 1.807) is 12.1 Å². The maximum atomic E-state index is 12.0. The molecule has 0 saturated heterocycles. The van der Waals surface area contributed by atoms with Crippen LogP contribution in [0.1, 0.15) is 11.1 Å². The number of halogens is 2. The van der Waals surface area contributed by atoms with Gasteiger partial charge in [0.05, 0.1) is 8.95 Å². The summed E-state index contributed by atoms with van der Waals surface area (Å²) < 4.78 is 6.48. The molecular formula is C17H16Br2N2O3S. The van der Waals surface area contributed by atoms with Gasteiger partial charge in [-0.1, -0.05) is 6.07 Å². The van der Waals surface area contributed by atoms with Gasteiger partial charge in [-0.2, -0.15) is 0 Å². The SMILES string of the molecule is Cc1cc(C)cc(OCC(=O)NC(=S)Nc2cc(Br)c(O)c(Br)c2)c1.